The number of carbonyl (C=O) groups is 1. The number of nitrogens with zero attached hydrogens (tertiary/aromatic N) is 1. The van der Waals surface area contributed by atoms with Gasteiger partial charge in [-0.1, -0.05) is 36.4 Å². The second-order valence-electron chi connectivity index (χ2n) is 6.83. The summed E-state index contributed by atoms with van der Waals surface area (Å²) in [5, 5.41) is 10.2. The van der Waals surface area contributed by atoms with E-state index in [-0.39, 0.29) is 16.8 Å². The minimum Gasteiger partial charge on any atom is -0.325 e. The van der Waals surface area contributed by atoms with Crippen molar-refractivity contribution < 1.29 is 13.2 Å². The van der Waals surface area contributed by atoms with Crippen LogP contribution >= 0.6 is 0 Å². The van der Waals surface area contributed by atoms with Gasteiger partial charge in [-0.25, -0.2) is 13.6 Å². The van der Waals surface area contributed by atoms with Gasteiger partial charge in [0.1, 0.15) is 0 Å². The standard InChI is InChI=1S/C21H23N3O3S/c1-15(21(25)23-19-9-11-20(12-10-19)28(22,26)27)24(2)14-16-7-8-17-5-3-4-6-18(17)13-16/h3-13,15H,14H2,1-2H3,(H,23,25)(H2,22,26,27)/t15-/m0/s1. The molecule has 0 unspecified atom stereocenters. The molecule has 0 aromatic heterocycles. The van der Waals surface area contributed by atoms with Crippen molar-refractivity contribution >= 4 is 32.4 Å². The summed E-state index contributed by atoms with van der Waals surface area (Å²) in [5.41, 5.74) is 1.64. The van der Waals surface area contributed by atoms with Crippen LogP contribution in [-0.4, -0.2) is 32.3 Å². The van der Waals surface area contributed by atoms with Crippen LogP contribution in [0.15, 0.2) is 71.6 Å². The molecular formula is C21H23N3O3S. The van der Waals surface area contributed by atoms with Crippen LogP contribution in [0.5, 0.6) is 0 Å². The molecule has 3 rings (SSSR count). The predicted molar refractivity (Wildman–Crippen MR) is 111 cm³/mol. The van der Waals surface area contributed by atoms with E-state index in [9.17, 15) is 13.2 Å². The van der Waals surface area contributed by atoms with E-state index >= 15 is 0 Å². The first-order chi connectivity index (χ1) is 13.2. The minimum atomic E-state index is -3.75. The summed E-state index contributed by atoms with van der Waals surface area (Å²) in [6, 6.07) is 19.8. The molecule has 7 heteroatoms. The van der Waals surface area contributed by atoms with Crippen molar-refractivity contribution in [3.8, 4) is 0 Å². The fourth-order valence-corrected chi connectivity index (χ4v) is 3.45. The summed E-state index contributed by atoms with van der Waals surface area (Å²) in [5.74, 6) is -0.174. The molecule has 28 heavy (non-hydrogen) atoms. The first-order valence-corrected chi connectivity index (χ1v) is 10.4. The third-order valence-electron chi connectivity index (χ3n) is 4.74. The number of amides is 1. The Kier molecular flexibility index (Phi) is 5.79. The Bertz CT molecular complexity index is 1100. The Morgan fingerprint density at radius 2 is 1.68 bits per heavy atom. The lowest BCUT2D eigenvalue weighted by Gasteiger charge is -2.24. The normalized spacial score (nSPS) is 12.9. The molecule has 6 nitrogen and oxygen atoms in total. The number of likely N-dealkylation sites (N-methyl/N-ethyl adjacent to an activating group) is 1. The van der Waals surface area contributed by atoms with Gasteiger partial charge in [-0.15, -0.1) is 0 Å². The van der Waals surface area contributed by atoms with Crippen LogP contribution < -0.4 is 10.5 Å². The van der Waals surface area contributed by atoms with Crippen molar-refractivity contribution in [2.24, 2.45) is 5.14 Å². The third-order valence-corrected chi connectivity index (χ3v) is 5.67. The number of rotatable bonds is 6. The molecule has 0 aliphatic rings. The largest absolute Gasteiger partial charge is 0.325 e. The molecule has 3 aromatic carbocycles. The van der Waals surface area contributed by atoms with Gasteiger partial charge >= 0.3 is 0 Å². The lowest BCUT2D eigenvalue weighted by molar-refractivity contribution is -0.120. The topological polar surface area (TPSA) is 92.5 Å². The highest BCUT2D eigenvalue weighted by Gasteiger charge is 2.18. The van der Waals surface area contributed by atoms with Crippen molar-refractivity contribution in [1.29, 1.82) is 0 Å². The summed E-state index contributed by atoms with van der Waals surface area (Å²) in [6.07, 6.45) is 0. The van der Waals surface area contributed by atoms with Crippen molar-refractivity contribution in [1.82, 2.24) is 4.90 Å². The van der Waals surface area contributed by atoms with Crippen LogP contribution in [-0.2, 0) is 21.4 Å². The number of hydrogen-bond donors (Lipinski definition) is 2. The van der Waals surface area contributed by atoms with Crippen molar-refractivity contribution in [3.63, 3.8) is 0 Å². The Morgan fingerprint density at radius 1 is 1.04 bits per heavy atom. The van der Waals surface area contributed by atoms with Crippen molar-refractivity contribution in [3.05, 3.63) is 72.3 Å². The van der Waals surface area contributed by atoms with Gasteiger partial charge in [-0.2, -0.15) is 0 Å². The second-order valence-corrected chi connectivity index (χ2v) is 8.39. The zero-order valence-electron chi connectivity index (χ0n) is 15.8. The van der Waals surface area contributed by atoms with Gasteiger partial charge in [0.25, 0.3) is 0 Å². The number of anilines is 1. The molecule has 0 bridgehead atoms. The van der Waals surface area contributed by atoms with Crippen LogP contribution in [0.4, 0.5) is 5.69 Å². The SMILES string of the molecule is C[C@@H](C(=O)Nc1ccc(S(N)(=O)=O)cc1)N(C)Cc1ccc2ccccc2c1. The fourth-order valence-electron chi connectivity index (χ4n) is 2.94. The average molecular weight is 398 g/mol. The summed E-state index contributed by atoms with van der Waals surface area (Å²) in [7, 11) is -1.86. The summed E-state index contributed by atoms with van der Waals surface area (Å²) in [6.45, 7) is 2.46. The lowest BCUT2D eigenvalue weighted by Crippen LogP contribution is -2.39. The molecular weight excluding hydrogens is 374 g/mol. The summed E-state index contributed by atoms with van der Waals surface area (Å²) < 4.78 is 22.6. The smallest absolute Gasteiger partial charge is 0.241 e. The van der Waals surface area contributed by atoms with Crippen LogP contribution in [0.2, 0.25) is 0 Å². The number of carbonyl (C=O) groups excluding carboxylic acids is 1. The van der Waals surface area contributed by atoms with E-state index in [1.54, 1.807) is 0 Å². The number of fused-ring (bicyclic) bond motifs is 1. The quantitative estimate of drug-likeness (QED) is 0.669. The number of sulfonamides is 1. The average Bonchev–Trinajstić information content (AvgIpc) is 2.67. The maximum absolute atomic E-state index is 12.5. The summed E-state index contributed by atoms with van der Waals surface area (Å²) in [4.78, 5) is 14.5. The number of nitrogens with one attached hydrogen (secondary N) is 1. The molecule has 0 fully saturated rings. The Balaban J connectivity index is 1.64. The zero-order valence-corrected chi connectivity index (χ0v) is 16.6. The molecule has 0 aliphatic carbocycles. The van der Waals surface area contributed by atoms with Crippen molar-refractivity contribution in [2.75, 3.05) is 12.4 Å². The molecule has 3 aromatic rings. The Morgan fingerprint density at radius 3 is 2.32 bits per heavy atom. The minimum absolute atomic E-state index is 0.00645. The molecule has 0 saturated carbocycles. The second kappa shape index (κ2) is 8.10. The van der Waals surface area contributed by atoms with Crippen LogP contribution in [0.1, 0.15) is 12.5 Å². The third kappa shape index (κ3) is 4.75. The molecule has 0 aliphatic heterocycles. The maximum Gasteiger partial charge on any atom is 0.241 e. The monoisotopic (exact) mass is 397 g/mol. The summed E-state index contributed by atoms with van der Waals surface area (Å²) >= 11 is 0. The van der Waals surface area contributed by atoms with Gasteiger partial charge < -0.3 is 5.32 Å². The lowest BCUT2D eigenvalue weighted by atomic mass is 10.1. The molecule has 146 valence electrons. The van der Waals surface area contributed by atoms with Crippen LogP contribution in [0.25, 0.3) is 10.8 Å². The number of primary sulfonamides is 1. The molecule has 0 spiro atoms. The molecule has 1 atom stereocenters. The van der Waals surface area contributed by atoms with Gasteiger partial charge in [-0.3, -0.25) is 9.69 Å². The van der Waals surface area contributed by atoms with Gasteiger partial charge in [0.05, 0.1) is 10.9 Å². The van der Waals surface area contributed by atoms with E-state index in [4.69, 9.17) is 5.14 Å². The van der Waals surface area contributed by atoms with E-state index in [1.165, 1.54) is 35.0 Å². The highest BCUT2D eigenvalue weighted by Crippen LogP contribution is 2.18. The van der Waals surface area contributed by atoms with Gasteiger partial charge in [0.2, 0.25) is 15.9 Å². The molecule has 0 radical (unpaired) electrons. The molecule has 0 saturated heterocycles. The zero-order chi connectivity index (χ0) is 20.3. The van der Waals surface area contributed by atoms with Gasteiger partial charge in [0.15, 0.2) is 0 Å². The molecule has 3 N–H and O–H groups in total. The molecule has 0 heterocycles. The number of hydrogen-bond acceptors (Lipinski definition) is 4. The number of nitrogens with two attached hydrogens (primary N) is 1. The highest BCUT2D eigenvalue weighted by molar-refractivity contribution is 7.89. The first-order valence-electron chi connectivity index (χ1n) is 8.86. The van der Waals surface area contributed by atoms with E-state index < -0.39 is 10.0 Å². The highest BCUT2D eigenvalue weighted by atomic mass is 32.2. The van der Waals surface area contributed by atoms with E-state index in [0.29, 0.717) is 12.2 Å². The number of benzene rings is 3. The molecule has 1 amide bonds. The van der Waals surface area contributed by atoms with Crippen LogP contribution in [0, 0.1) is 0 Å². The van der Waals surface area contributed by atoms with Crippen LogP contribution in [0.3, 0.4) is 0 Å². The Hall–Kier alpha value is -2.74. The van der Waals surface area contributed by atoms with E-state index in [1.807, 2.05) is 31.0 Å². The van der Waals surface area contributed by atoms with Gasteiger partial charge in [0, 0.05) is 12.2 Å². The van der Waals surface area contributed by atoms with Gasteiger partial charge in [-0.05, 0) is 60.6 Å². The first kappa shape index (κ1) is 20.0. The maximum atomic E-state index is 12.5. The van der Waals surface area contributed by atoms with E-state index in [0.717, 1.165) is 5.56 Å². The predicted octanol–water partition coefficient (Wildman–Crippen LogP) is 2.95. The Labute approximate surface area is 165 Å². The fraction of sp³-hybridized carbons (Fsp3) is 0.190. The van der Waals surface area contributed by atoms with Crippen molar-refractivity contribution in [2.45, 2.75) is 24.4 Å². The van der Waals surface area contributed by atoms with E-state index in [2.05, 4.69) is 35.6 Å².